The van der Waals surface area contributed by atoms with Crippen LogP contribution in [0.4, 0.5) is 10.1 Å². The van der Waals surface area contributed by atoms with Gasteiger partial charge in [0.2, 0.25) is 0 Å². The topological polar surface area (TPSA) is 70.6 Å². The lowest BCUT2D eigenvalue weighted by atomic mass is 10.1. The van der Waals surface area contributed by atoms with Crippen LogP contribution in [-0.4, -0.2) is 11.0 Å². The quantitative estimate of drug-likeness (QED) is 0.347. The first kappa shape index (κ1) is 13.9. The summed E-state index contributed by atoms with van der Waals surface area (Å²) in [7, 11) is 0. The van der Waals surface area contributed by atoms with Gasteiger partial charge in [-0.05, 0) is 25.1 Å². The van der Waals surface area contributed by atoms with Crippen LogP contribution in [0, 0.1) is 12.7 Å². The van der Waals surface area contributed by atoms with Crippen LogP contribution in [0.5, 0.6) is 0 Å². The maximum absolute atomic E-state index is 14.2. The Morgan fingerprint density at radius 3 is 2.60 bits per heavy atom. The summed E-state index contributed by atoms with van der Waals surface area (Å²) in [5.74, 6) is -0.720. The van der Waals surface area contributed by atoms with Gasteiger partial charge in [-0.3, -0.25) is 0 Å². The molecule has 0 atom stereocenters. The van der Waals surface area contributed by atoms with E-state index in [9.17, 15) is 4.39 Å². The van der Waals surface area contributed by atoms with Crippen molar-refractivity contribution in [3.63, 3.8) is 0 Å². The molecule has 2 rings (SSSR count). The van der Waals surface area contributed by atoms with Gasteiger partial charge in [-0.15, -0.1) is 0 Å². The molecule has 4 N–H and O–H groups in total. The molecule has 0 spiro atoms. The number of rotatable bonds is 4. The normalized spacial score (nSPS) is 11.4. The number of amidine groups is 1. The largest absolute Gasteiger partial charge is 0.409 e. The molecule has 0 saturated heterocycles. The van der Waals surface area contributed by atoms with Crippen molar-refractivity contribution < 1.29 is 9.60 Å². The lowest BCUT2D eigenvalue weighted by Crippen LogP contribution is -2.16. The first-order valence-electron chi connectivity index (χ1n) is 6.17. The van der Waals surface area contributed by atoms with Crippen LogP contribution in [0.1, 0.15) is 16.7 Å². The molecule has 0 aliphatic carbocycles. The third-order valence-electron chi connectivity index (χ3n) is 3.00. The molecule has 0 unspecified atom stereocenters. The van der Waals surface area contributed by atoms with E-state index in [1.165, 1.54) is 6.07 Å². The summed E-state index contributed by atoms with van der Waals surface area (Å²) in [6, 6.07) is 12.6. The minimum atomic E-state index is -0.484. The fourth-order valence-electron chi connectivity index (χ4n) is 1.84. The molecule has 0 aliphatic heterocycles. The van der Waals surface area contributed by atoms with Gasteiger partial charge in [-0.2, -0.15) is 0 Å². The number of oxime groups is 1. The van der Waals surface area contributed by atoms with Gasteiger partial charge < -0.3 is 16.3 Å². The number of nitrogens with two attached hydrogens (primary N) is 1. The summed E-state index contributed by atoms with van der Waals surface area (Å²) in [5.41, 5.74) is 8.04. The summed E-state index contributed by atoms with van der Waals surface area (Å²) in [5, 5.41) is 14.6. The van der Waals surface area contributed by atoms with E-state index >= 15 is 0 Å². The maximum atomic E-state index is 14.2. The number of nitrogens with one attached hydrogen (secondary N) is 1. The van der Waals surface area contributed by atoms with Crippen LogP contribution in [0.3, 0.4) is 0 Å². The molecular formula is C15H16FN3O. The van der Waals surface area contributed by atoms with Gasteiger partial charge in [0.1, 0.15) is 5.82 Å². The molecule has 0 radical (unpaired) electrons. The Bertz CT molecular complexity index is 624. The third kappa shape index (κ3) is 3.06. The number of hydrogen-bond donors (Lipinski definition) is 3. The summed E-state index contributed by atoms with van der Waals surface area (Å²) < 4.78 is 14.2. The number of halogens is 1. The van der Waals surface area contributed by atoms with E-state index in [4.69, 9.17) is 10.9 Å². The first-order valence-corrected chi connectivity index (χ1v) is 6.17. The lowest BCUT2D eigenvalue weighted by molar-refractivity contribution is 0.318. The van der Waals surface area contributed by atoms with Gasteiger partial charge in [-0.1, -0.05) is 35.0 Å². The Hall–Kier alpha value is -2.56. The zero-order valence-electron chi connectivity index (χ0n) is 11.1. The van der Waals surface area contributed by atoms with Crippen molar-refractivity contribution in [2.45, 2.75) is 13.5 Å². The Labute approximate surface area is 116 Å². The van der Waals surface area contributed by atoms with E-state index in [1.807, 2.05) is 31.2 Å². The molecule has 0 fully saturated rings. The molecular weight excluding hydrogens is 257 g/mol. The number of aryl methyl sites for hydroxylation is 1. The second-order valence-electron chi connectivity index (χ2n) is 4.48. The number of benzene rings is 2. The van der Waals surface area contributed by atoms with Crippen molar-refractivity contribution in [2.75, 3.05) is 5.32 Å². The summed E-state index contributed by atoms with van der Waals surface area (Å²) in [4.78, 5) is 0. The standard InChI is InChI=1S/C15H16FN3O/c1-10-5-7-12(8-6-10)18-9-11-3-2-4-13(14(11)16)15(17)19-20/h2-8,18,20H,9H2,1H3,(H2,17,19). The van der Waals surface area contributed by atoms with Gasteiger partial charge in [-0.25, -0.2) is 4.39 Å². The van der Waals surface area contributed by atoms with E-state index < -0.39 is 5.82 Å². The van der Waals surface area contributed by atoms with Crippen molar-refractivity contribution in [1.29, 1.82) is 0 Å². The van der Waals surface area contributed by atoms with Crippen molar-refractivity contribution in [3.8, 4) is 0 Å². The fourth-order valence-corrected chi connectivity index (χ4v) is 1.84. The second kappa shape index (κ2) is 6.06. The molecule has 2 aromatic carbocycles. The van der Waals surface area contributed by atoms with Crippen molar-refractivity contribution >= 4 is 11.5 Å². The molecule has 4 nitrogen and oxygen atoms in total. The fraction of sp³-hybridized carbons (Fsp3) is 0.133. The van der Waals surface area contributed by atoms with E-state index in [0.717, 1.165) is 11.3 Å². The third-order valence-corrected chi connectivity index (χ3v) is 3.00. The smallest absolute Gasteiger partial charge is 0.173 e. The van der Waals surface area contributed by atoms with Crippen LogP contribution >= 0.6 is 0 Å². The van der Waals surface area contributed by atoms with Crippen molar-refractivity contribution in [2.24, 2.45) is 10.9 Å². The van der Waals surface area contributed by atoms with Gasteiger partial charge in [0.25, 0.3) is 0 Å². The van der Waals surface area contributed by atoms with Crippen LogP contribution in [0.2, 0.25) is 0 Å². The molecule has 0 amide bonds. The van der Waals surface area contributed by atoms with Crippen LogP contribution in [-0.2, 0) is 6.54 Å². The van der Waals surface area contributed by atoms with E-state index in [-0.39, 0.29) is 11.4 Å². The van der Waals surface area contributed by atoms with Crippen LogP contribution in [0.15, 0.2) is 47.6 Å². The molecule has 5 heteroatoms. The monoisotopic (exact) mass is 273 g/mol. The van der Waals surface area contributed by atoms with Gasteiger partial charge in [0.05, 0.1) is 5.56 Å². The maximum Gasteiger partial charge on any atom is 0.173 e. The predicted molar refractivity (Wildman–Crippen MR) is 77.4 cm³/mol. The summed E-state index contributed by atoms with van der Waals surface area (Å²) in [6.45, 7) is 2.32. The van der Waals surface area contributed by atoms with E-state index in [1.54, 1.807) is 12.1 Å². The van der Waals surface area contributed by atoms with E-state index in [2.05, 4.69) is 10.5 Å². The Morgan fingerprint density at radius 2 is 1.95 bits per heavy atom. The zero-order valence-corrected chi connectivity index (χ0v) is 11.1. The van der Waals surface area contributed by atoms with Gasteiger partial charge in [0.15, 0.2) is 5.84 Å². The summed E-state index contributed by atoms with van der Waals surface area (Å²) in [6.07, 6.45) is 0. The Balaban J connectivity index is 2.16. The lowest BCUT2D eigenvalue weighted by Gasteiger charge is -2.10. The average Bonchev–Trinajstić information content (AvgIpc) is 2.47. The number of hydrogen-bond acceptors (Lipinski definition) is 3. The van der Waals surface area contributed by atoms with Crippen molar-refractivity contribution in [3.05, 3.63) is 65.0 Å². The molecule has 2 aromatic rings. The molecule has 0 aromatic heterocycles. The molecule has 20 heavy (non-hydrogen) atoms. The minimum absolute atomic E-state index is 0.0932. The zero-order chi connectivity index (χ0) is 14.5. The van der Waals surface area contributed by atoms with Crippen molar-refractivity contribution in [1.82, 2.24) is 0 Å². The van der Waals surface area contributed by atoms with E-state index in [0.29, 0.717) is 12.1 Å². The molecule has 0 bridgehead atoms. The molecule has 104 valence electrons. The van der Waals surface area contributed by atoms with Gasteiger partial charge in [0, 0.05) is 17.8 Å². The highest BCUT2D eigenvalue weighted by Crippen LogP contribution is 2.15. The molecule has 0 aliphatic rings. The minimum Gasteiger partial charge on any atom is -0.409 e. The van der Waals surface area contributed by atoms with Crippen LogP contribution < -0.4 is 11.1 Å². The Morgan fingerprint density at radius 1 is 1.25 bits per heavy atom. The number of anilines is 1. The first-order chi connectivity index (χ1) is 9.61. The highest BCUT2D eigenvalue weighted by atomic mass is 19.1. The predicted octanol–water partition coefficient (Wildman–Crippen LogP) is 2.84. The molecule has 0 saturated carbocycles. The van der Waals surface area contributed by atoms with Crippen LogP contribution in [0.25, 0.3) is 0 Å². The Kier molecular flexibility index (Phi) is 4.20. The van der Waals surface area contributed by atoms with Gasteiger partial charge >= 0.3 is 0 Å². The highest BCUT2D eigenvalue weighted by Gasteiger charge is 2.11. The SMILES string of the molecule is Cc1ccc(NCc2cccc(/C(N)=N/O)c2F)cc1. The second-order valence-corrected chi connectivity index (χ2v) is 4.48. The number of nitrogens with zero attached hydrogens (tertiary/aromatic N) is 1. The average molecular weight is 273 g/mol. The molecule has 0 heterocycles. The summed E-state index contributed by atoms with van der Waals surface area (Å²) >= 11 is 0. The highest BCUT2D eigenvalue weighted by molar-refractivity contribution is 5.97.